The Kier molecular flexibility index (Phi) is 7.12. The number of likely N-dealkylation sites (N-methyl/N-ethyl adjacent to an activating group) is 1. The highest BCUT2D eigenvalue weighted by Gasteiger charge is 2.29. The molecule has 6 nitrogen and oxygen atoms in total. The van der Waals surface area contributed by atoms with Crippen LogP contribution in [0.25, 0.3) is 0 Å². The Morgan fingerprint density at radius 1 is 1.06 bits per heavy atom. The number of carbonyl (C=O) groups excluding carboxylic acids is 2. The van der Waals surface area contributed by atoms with Crippen LogP contribution in [0.3, 0.4) is 0 Å². The van der Waals surface area contributed by atoms with Gasteiger partial charge < -0.3 is 16.4 Å². The second-order valence-electron chi connectivity index (χ2n) is 3.52. The van der Waals surface area contributed by atoms with Crippen molar-refractivity contribution in [2.24, 2.45) is 11.5 Å². The fraction of sp³-hybridized carbons (Fsp3) is 0.750. The molecule has 0 aliphatic heterocycles. The summed E-state index contributed by atoms with van der Waals surface area (Å²) >= 11 is 6.25. The van der Waals surface area contributed by atoms with E-state index in [-0.39, 0.29) is 0 Å². The maximum absolute atomic E-state index is 11.1. The number of nitrogens with zero attached hydrogens (tertiary/aromatic N) is 2. The topological polar surface area (TPSA) is 92.7 Å². The molecule has 0 rings (SSSR count). The van der Waals surface area contributed by atoms with Gasteiger partial charge in [-0.15, -0.1) is 0 Å². The Bertz CT molecular complexity index is 242. The summed E-state index contributed by atoms with van der Waals surface area (Å²) in [5.74, 6) is -1.13. The maximum atomic E-state index is 11.1. The van der Waals surface area contributed by atoms with Crippen molar-refractivity contribution in [2.75, 3.05) is 27.2 Å². The maximum Gasteiger partial charge on any atom is 0.245 e. The van der Waals surface area contributed by atoms with Gasteiger partial charge in [-0.3, -0.25) is 14.5 Å². The van der Waals surface area contributed by atoms with Crippen molar-refractivity contribution in [1.29, 1.82) is 0 Å². The molecule has 0 aliphatic rings. The Morgan fingerprint density at radius 3 is 1.69 bits per heavy atom. The first-order valence-corrected chi connectivity index (χ1v) is 6.37. The number of rotatable bonds is 7. The van der Waals surface area contributed by atoms with Crippen LogP contribution in [0.2, 0.25) is 0 Å². The zero-order valence-electron chi connectivity index (χ0n) is 9.19. The Labute approximate surface area is 112 Å². The van der Waals surface area contributed by atoms with E-state index in [0.29, 0.717) is 13.1 Å². The quantitative estimate of drug-likeness (QED) is 0.462. The third-order valence-electron chi connectivity index (χ3n) is 1.86. The van der Waals surface area contributed by atoms with E-state index in [2.05, 4.69) is 31.9 Å². The molecule has 0 fully saturated rings. The average molecular weight is 360 g/mol. The van der Waals surface area contributed by atoms with Gasteiger partial charge in [-0.2, -0.15) is 0 Å². The van der Waals surface area contributed by atoms with E-state index in [9.17, 15) is 9.59 Å². The Balaban J connectivity index is 4.62. The van der Waals surface area contributed by atoms with Crippen molar-refractivity contribution in [3.05, 3.63) is 0 Å². The summed E-state index contributed by atoms with van der Waals surface area (Å²) in [5.41, 5.74) is 10.3. The van der Waals surface area contributed by atoms with E-state index >= 15 is 0 Å². The minimum Gasteiger partial charge on any atom is -0.368 e. The lowest BCUT2D eigenvalue weighted by Crippen LogP contribution is -2.51. The van der Waals surface area contributed by atoms with Gasteiger partial charge in [-0.05, 0) is 14.1 Å². The molecule has 2 unspecified atom stereocenters. The molecule has 8 heteroatoms. The van der Waals surface area contributed by atoms with Crippen LogP contribution in [0, 0.1) is 0 Å². The summed E-state index contributed by atoms with van der Waals surface area (Å²) in [6, 6.07) is 0. The molecule has 0 aliphatic carbocycles. The number of carbonyl (C=O) groups is 2. The van der Waals surface area contributed by atoms with Gasteiger partial charge in [0.25, 0.3) is 0 Å². The summed E-state index contributed by atoms with van der Waals surface area (Å²) in [6.45, 7) is 1.15. The zero-order chi connectivity index (χ0) is 12.9. The molecule has 4 N–H and O–H groups in total. The smallest absolute Gasteiger partial charge is 0.245 e. The van der Waals surface area contributed by atoms with Crippen molar-refractivity contribution in [3.63, 3.8) is 0 Å². The van der Waals surface area contributed by atoms with Gasteiger partial charge in [0.05, 0.1) is 0 Å². The normalized spacial score (nSPS) is 15.1. The molecule has 0 heterocycles. The summed E-state index contributed by atoms with van der Waals surface area (Å²) in [4.78, 5) is 24.1. The first-order chi connectivity index (χ1) is 7.27. The second-order valence-corrected chi connectivity index (χ2v) is 5.25. The summed E-state index contributed by atoms with van der Waals surface area (Å²) < 4.78 is 0. The molecule has 0 aromatic heterocycles. The van der Waals surface area contributed by atoms with E-state index in [1.54, 1.807) is 4.90 Å². The summed E-state index contributed by atoms with van der Waals surface area (Å²) in [7, 11) is 3.78. The predicted molar refractivity (Wildman–Crippen MR) is 69.1 cm³/mol. The molecule has 0 radical (unpaired) electrons. The van der Waals surface area contributed by atoms with Gasteiger partial charge in [0, 0.05) is 13.1 Å². The lowest BCUT2D eigenvalue weighted by Gasteiger charge is -2.29. The minimum absolute atomic E-state index is 0.477. The molecule has 0 bridgehead atoms. The van der Waals surface area contributed by atoms with Crippen molar-refractivity contribution in [2.45, 2.75) is 9.90 Å². The van der Waals surface area contributed by atoms with Gasteiger partial charge in [-0.1, -0.05) is 31.9 Å². The van der Waals surface area contributed by atoms with Gasteiger partial charge in [0.2, 0.25) is 11.8 Å². The summed E-state index contributed by atoms with van der Waals surface area (Å²) in [6.07, 6.45) is 0. The molecule has 0 saturated carbocycles. The number of alkyl halides is 2. The zero-order valence-corrected chi connectivity index (χ0v) is 12.4. The van der Waals surface area contributed by atoms with Crippen LogP contribution in [-0.2, 0) is 9.59 Å². The monoisotopic (exact) mass is 358 g/mol. The van der Waals surface area contributed by atoms with Crippen molar-refractivity contribution in [3.8, 4) is 0 Å². The average Bonchev–Trinajstić information content (AvgIpc) is 2.16. The van der Waals surface area contributed by atoms with Gasteiger partial charge in [0.15, 0.2) is 0 Å². The molecule has 16 heavy (non-hydrogen) atoms. The van der Waals surface area contributed by atoms with Gasteiger partial charge in [-0.25, -0.2) is 0 Å². The number of primary amides is 2. The molecule has 0 saturated heterocycles. The largest absolute Gasteiger partial charge is 0.368 e. The fourth-order valence-corrected chi connectivity index (χ4v) is 2.18. The van der Waals surface area contributed by atoms with Crippen molar-refractivity contribution >= 4 is 43.7 Å². The molecule has 2 atom stereocenters. The van der Waals surface area contributed by atoms with Crippen LogP contribution < -0.4 is 11.5 Å². The number of nitrogens with two attached hydrogens (primary N) is 2. The minimum atomic E-state index is -0.732. The fourth-order valence-electron chi connectivity index (χ4n) is 0.984. The number of hydrogen-bond acceptors (Lipinski definition) is 4. The van der Waals surface area contributed by atoms with Gasteiger partial charge >= 0.3 is 0 Å². The SMILES string of the molecule is CN(C)CCN(C(Br)C(N)=O)C(Br)C(N)=O. The first-order valence-electron chi connectivity index (χ1n) is 4.54. The van der Waals surface area contributed by atoms with Crippen LogP contribution in [0.15, 0.2) is 0 Å². The third-order valence-corrected chi connectivity index (χ3v) is 3.81. The van der Waals surface area contributed by atoms with Crippen LogP contribution in [0.1, 0.15) is 0 Å². The van der Waals surface area contributed by atoms with E-state index < -0.39 is 21.7 Å². The molecule has 0 aromatic carbocycles. The number of amides is 2. The Hall–Kier alpha value is -0.180. The molecule has 0 spiro atoms. The molecular formula is C8H16Br2N4O2. The third kappa shape index (κ3) is 5.24. The number of hydrogen-bond donors (Lipinski definition) is 2. The highest BCUT2D eigenvalue weighted by Crippen LogP contribution is 2.15. The predicted octanol–water partition coefficient (Wildman–Crippen LogP) is -0.737. The first kappa shape index (κ1) is 15.8. The lowest BCUT2D eigenvalue weighted by molar-refractivity contribution is -0.123. The molecule has 2 amide bonds. The van der Waals surface area contributed by atoms with E-state index in [1.807, 2.05) is 19.0 Å². The van der Waals surface area contributed by atoms with Gasteiger partial charge in [0.1, 0.15) is 9.90 Å². The molecule has 0 aromatic rings. The van der Waals surface area contributed by atoms with E-state index in [1.165, 1.54) is 0 Å². The van der Waals surface area contributed by atoms with Crippen molar-refractivity contribution < 1.29 is 9.59 Å². The van der Waals surface area contributed by atoms with Crippen LogP contribution in [0.4, 0.5) is 0 Å². The van der Waals surface area contributed by atoms with Crippen molar-refractivity contribution in [1.82, 2.24) is 9.80 Å². The molecular weight excluding hydrogens is 344 g/mol. The van der Waals surface area contributed by atoms with Crippen LogP contribution in [0.5, 0.6) is 0 Å². The highest BCUT2D eigenvalue weighted by molar-refractivity contribution is 9.10. The standard InChI is InChI=1S/C8H16Br2N4O2/c1-13(2)3-4-14(5(9)7(11)15)6(10)8(12)16/h5-6H,3-4H2,1-2H3,(H2,11,15)(H2,12,16). The summed E-state index contributed by atoms with van der Waals surface area (Å²) in [5, 5.41) is 0. The lowest BCUT2D eigenvalue weighted by atomic mass is 10.4. The van der Waals surface area contributed by atoms with E-state index in [4.69, 9.17) is 11.5 Å². The Morgan fingerprint density at radius 2 is 1.44 bits per heavy atom. The second kappa shape index (κ2) is 7.21. The van der Waals surface area contributed by atoms with Crippen LogP contribution in [-0.4, -0.2) is 58.7 Å². The highest BCUT2D eigenvalue weighted by atomic mass is 79.9. The van der Waals surface area contributed by atoms with E-state index in [0.717, 1.165) is 0 Å². The number of halogens is 2. The van der Waals surface area contributed by atoms with Crippen LogP contribution >= 0.6 is 31.9 Å². The molecule has 94 valence electrons.